The maximum absolute atomic E-state index is 13.9. The lowest BCUT2D eigenvalue weighted by Crippen LogP contribution is -2.33. The zero-order chi connectivity index (χ0) is 30.6. The minimum atomic E-state index is -3.90. The third kappa shape index (κ3) is 5.58. The van der Waals surface area contributed by atoms with Crippen LogP contribution in [0.15, 0.2) is 92.0 Å². The average molecular weight is 720 g/mol. The van der Waals surface area contributed by atoms with Crippen LogP contribution < -0.4 is 20.2 Å². The molecule has 3 amide bonds. The van der Waals surface area contributed by atoms with Gasteiger partial charge >= 0.3 is 4.87 Å². The molecule has 1 fully saturated rings. The number of hydrogen-bond donors (Lipinski definition) is 2. The van der Waals surface area contributed by atoms with Crippen molar-refractivity contribution in [3.8, 4) is 0 Å². The van der Waals surface area contributed by atoms with Gasteiger partial charge in [0, 0.05) is 26.0 Å². The number of nitrogens with one attached hydrogen (secondary N) is 1. The van der Waals surface area contributed by atoms with E-state index in [1.807, 2.05) is 24.3 Å². The van der Waals surface area contributed by atoms with Gasteiger partial charge in [0.05, 0.1) is 21.5 Å². The minimum absolute atomic E-state index is 0.109. The van der Waals surface area contributed by atoms with Crippen molar-refractivity contribution < 1.29 is 22.8 Å². The summed E-state index contributed by atoms with van der Waals surface area (Å²) < 4.78 is 25.2. The molecule has 3 atom stereocenters. The number of hydrogen-bond acceptors (Lipinski definition) is 8. The maximum Gasteiger partial charge on any atom is 0.308 e. The normalized spacial score (nSPS) is 19.7. The van der Waals surface area contributed by atoms with E-state index >= 15 is 0 Å². The predicted octanol–water partition coefficient (Wildman–Crippen LogP) is 4.41. The van der Waals surface area contributed by atoms with Crippen molar-refractivity contribution >= 4 is 89.7 Å². The van der Waals surface area contributed by atoms with E-state index in [9.17, 15) is 27.6 Å². The number of anilines is 2. The van der Waals surface area contributed by atoms with Crippen LogP contribution in [0.3, 0.4) is 0 Å². The summed E-state index contributed by atoms with van der Waals surface area (Å²) in [6.45, 7) is -0.359. The molecule has 0 aliphatic carbocycles. The van der Waals surface area contributed by atoms with Gasteiger partial charge in [-0.3, -0.25) is 23.7 Å². The zero-order valence-electron chi connectivity index (χ0n) is 21.8. The quantitative estimate of drug-likeness (QED) is 0.281. The van der Waals surface area contributed by atoms with E-state index < -0.39 is 43.8 Å². The Bertz CT molecular complexity index is 1940. The molecule has 15 heteroatoms. The number of nitrogens with zero attached hydrogens (tertiary/aromatic N) is 2. The van der Waals surface area contributed by atoms with Crippen LogP contribution in [-0.4, -0.2) is 36.0 Å². The molecule has 43 heavy (non-hydrogen) atoms. The van der Waals surface area contributed by atoms with Gasteiger partial charge in [-0.25, -0.2) is 18.5 Å². The van der Waals surface area contributed by atoms with Gasteiger partial charge in [-0.1, -0.05) is 62.8 Å². The summed E-state index contributed by atoms with van der Waals surface area (Å²) >= 11 is 11.5. The first-order valence-electron chi connectivity index (χ1n) is 12.6. The second-order valence-electron chi connectivity index (χ2n) is 9.82. The van der Waals surface area contributed by atoms with Gasteiger partial charge < -0.3 is 5.32 Å². The molecule has 1 saturated heterocycles. The van der Waals surface area contributed by atoms with Gasteiger partial charge in [0.25, 0.3) is 0 Å². The highest BCUT2D eigenvalue weighted by Crippen LogP contribution is 2.54. The van der Waals surface area contributed by atoms with Crippen molar-refractivity contribution in [2.45, 2.75) is 27.6 Å². The second-order valence-corrected chi connectivity index (χ2v) is 14.9. The number of imide groups is 1. The maximum atomic E-state index is 13.9. The number of amides is 3. The smallest absolute Gasteiger partial charge is 0.308 e. The summed E-state index contributed by atoms with van der Waals surface area (Å²) in [7, 11) is -3.90. The molecule has 0 bridgehead atoms. The van der Waals surface area contributed by atoms with Crippen LogP contribution in [0.2, 0.25) is 5.02 Å². The Labute approximate surface area is 267 Å². The second kappa shape index (κ2) is 11.3. The van der Waals surface area contributed by atoms with Crippen LogP contribution in [0.5, 0.6) is 0 Å². The standard InChI is InChI=1S/C28H20BrClN4O6S3/c29-15-3-1-14(2-4-15)21-22-23(26(37)34(25(22)36)18-9-5-16(30)6-10-18)41-27-24(21)42-28(38)33(27)13-20(35)32-17-7-11-19(12-8-17)43(31,39)40/h1-12,21-23H,13H2,(H,32,35)(H2,31,39,40)/t21-,22-,23+/m0/s1. The van der Waals surface area contributed by atoms with Crippen molar-refractivity contribution in [2.75, 3.05) is 10.2 Å². The lowest BCUT2D eigenvalue weighted by Gasteiger charge is -2.30. The van der Waals surface area contributed by atoms with E-state index in [1.165, 1.54) is 33.7 Å². The molecular formula is C28H20BrClN4O6S3. The summed E-state index contributed by atoms with van der Waals surface area (Å²) in [5.41, 5.74) is 1.47. The Morgan fingerprint density at radius 2 is 1.60 bits per heavy atom. The lowest BCUT2D eigenvalue weighted by molar-refractivity contribution is -0.122. The molecule has 3 aromatic carbocycles. The Morgan fingerprint density at radius 3 is 2.23 bits per heavy atom. The summed E-state index contributed by atoms with van der Waals surface area (Å²) in [5, 5.41) is 7.86. The molecule has 0 unspecified atom stereocenters. The van der Waals surface area contributed by atoms with Crippen LogP contribution >= 0.6 is 50.6 Å². The van der Waals surface area contributed by atoms with Gasteiger partial charge in [0.2, 0.25) is 27.7 Å². The SMILES string of the molecule is NS(=O)(=O)c1ccc(NC(=O)Cn2c3c(sc2=O)[C@@H](c2ccc(Br)cc2)[C@@H]2C(=O)N(c4ccc(Cl)cc4)C(=O)[C@@H]2S3)cc1. The van der Waals surface area contributed by atoms with Crippen molar-refractivity contribution in [1.82, 2.24) is 4.57 Å². The fourth-order valence-corrected chi connectivity index (χ4v) is 8.88. The molecule has 3 heterocycles. The number of thiazole rings is 1. The molecule has 220 valence electrons. The lowest BCUT2D eigenvalue weighted by atomic mass is 9.83. The number of halogens is 2. The Morgan fingerprint density at radius 1 is 0.953 bits per heavy atom. The van der Waals surface area contributed by atoms with E-state index in [-0.39, 0.29) is 17.3 Å². The number of rotatable bonds is 6. The van der Waals surface area contributed by atoms with Crippen LogP contribution in [0.4, 0.5) is 11.4 Å². The highest BCUT2D eigenvalue weighted by molar-refractivity contribution is 9.10. The first-order chi connectivity index (χ1) is 20.4. The van der Waals surface area contributed by atoms with Gasteiger partial charge in [0.1, 0.15) is 11.8 Å². The highest BCUT2D eigenvalue weighted by Gasteiger charge is 2.56. The third-order valence-corrected chi connectivity index (χ3v) is 11.4. The zero-order valence-corrected chi connectivity index (χ0v) is 26.6. The number of carbonyl (C=O) groups excluding carboxylic acids is 3. The highest BCUT2D eigenvalue weighted by atomic mass is 79.9. The summed E-state index contributed by atoms with van der Waals surface area (Å²) in [6, 6.07) is 19.1. The number of nitrogens with two attached hydrogens (primary N) is 1. The Balaban J connectivity index is 1.36. The Hall–Kier alpha value is -3.27. The molecule has 0 saturated carbocycles. The Kier molecular flexibility index (Phi) is 7.85. The fourth-order valence-electron chi connectivity index (χ4n) is 5.20. The van der Waals surface area contributed by atoms with Gasteiger partial charge in [-0.05, 0) is 66.2 Å². The van der Waals surface area contributed by atoms with Crippen LogP contribution in [0.25, 0.3) is 0 Å². The largest absolute Gasteiger partial charge is 0.325 e. The van der Waals surface area contributed by atoms with E-state index in [0.717, 1.165) is 33.1 Å². The third-order valence-electron chi connectivity index (χ3n) is 7.13. The van der Waals surface area contributed by atoms with Gasteiger partial charge in [0.15, 0.2) is 0 Å². The van der Waals surface area contributed by atoms with Crippen LogP contribution in [0.1, 0.15) is 16.4 Å². The molecule has 4 aromatic rings. The van der Waals surface area contributed by atoms with E-state index in [4.69, 9.17) is 16.7 Å². The van der Waals surface area contributed by atoms with Crippen molar-refractivity contribution in [3.63, 3.8) is 0 Å². The van der Waals surface area contributed by atoms with Crippen molar-refractivity contribution in [1.29, 1.82) is 0 Å². The number of aromatic nitrogens is 1. The van der Waals surface area contributed by atoms with Crippen molar-refractivity contribution in [2.24, 2.45) is 11.1 Å². The number of sulfonamides is 1. The summed E-state index contributed by atoms with van der Waals surface area (Å²) in [4.78, 5) is 55.3. The number of primary sulfonamides is 1. The predicted molar refractivity (Wildman–Crippen MR) is 168 cm³/mol. The topological polar surface area (TPSA) is 149 Å². The molecule has 2 aliphatic heterocycles. The van der Waals surface area contributed by atoms with Crippen molar-refractivity contribution in [3.05, 3.63) is 102 Å². The molecule has 0 radical (unpaired) electrons. The molecule has 2 aliphatic rings. The molecule has 3 N–H and O–H groups in total. The molecule has 10 nitrogen and oxygen atoms in total. The first-order valence-corrected chi connectivity index (χ1v) is 17.1. The number of thioether (sulfide) groups is 1. The van der Waals surface area contributed by atoms with Gasteiger partial charge in [-0.15, -0.1) is 0 Å². The van der Waals surface area contributed by atoms with E-state index in [1.54, 1.807) is 24.3 Å². The monoisotopic (exact) mass is 718 g/mol. The van der Waals surface area contributed by atoms with Crippen LogP contribution in [-0.2, 0) is 31.0 Å². The number of benzene rings is 3. The molecule has 1 aromatic heterocycles. The average Bonchev–Trinajstić information content (AvgIpc) is 3.40. The molecule has 6 rings (SSSR count). The minimum Gasteiger partial charge on any atom is -0.325 e. The first kappa shape index (κ1) is 29.8. The van der Waals surface area contributed by atoms with Crippen LogP contribution in [0, 0.1) is 5.92 Å². The summed E-state index contributed by atoms with van der Waals surface area (Å²) in [6.07, 6.45) is 0. The molecule has 0 spiro atoms. The van der Waals surface area contributed by atoms with E-state index in [0.29, 0.717) is 26.3 Å². The number of carbonyl (C=O) groups is 3. The fraction of sp³-hybridized carbons (Fsp3) is 0.143. The van der Waals surface area contributed by atoms with E-state index in [2.05, 4.69) is 21.2 Å². The number of fused-ring (bicyclic) bond motifs is 2. The van der Waals surface area contributed by atoms with Gasteiger partial charge in [-0.2, -0.15) is 0 Å². The molecular weight excluding hydrogens is 700 g/mol. The summed E-state index contributed by atoms with van der Waals surface area (Å²) in [5.74, 6) is -2.71.